The zero-order chi connectivity index (χ0) is 14.8. The highest BCUT2D eigenvalue weighted by molar-refractivity contribution is 5.73. The maximum atomic E-state index is 11.5. The van der Waals surface area contributed by atoms with Crippen molar-refractivity contribution < 1.29 is 14.7 Å². The molecule has 0 radical (unpaired) electrons. The number of aromatic nitrogens is 2. The van der Waals surface area contributed by atoms with Gasteiger partial charge in [0.25, 0.3) is 0 Å². The molecule has 2 amide bonds. The van der Waals surface area contributed by atoms with Crippen LogP contribution >= 0.6 is 0 Å². The average Bonchev–Trinajstić information content (AvgIpc) is 2.44. The van der Waals surface area contributed by atoms with Gasteiger partial charge in [-0.3, -0.25) is 4.79 Å². The summed E-state index contributed by atoms with van der Waals surface area (Å²) in [5.74, 6) is -0.516. The summed E-state index contributed by atoms with van der Waals surface area (Å²) < 4.78 is 0. The fraction of sp³-hybridized carbons (Fsp3) is 0.538. The molecule has 7 nitrogen and oxygen atoms in total. The van der Waals surface area contributed by atoms with Crippen molar-refractivity contribution >= 4 is 12.0 Å². The topological polar surface area (TPSA) is 104 Å². The van der Waals surface area contributed by atoms with E-state index in [0.29, 0.717) is 25.2 Å². The van der Waals surface area contributed by atoms with Crippen LogP contribution in [0.15, 0.2) is 18.3 Å². The lowest BCUT2D eigenvalue weighted by Gasteiger charge is -2.11. The van der Waals surface area contributed by atoms with Crippen LogP contribution in [0.25, 0.3) is 0 Å². The van der Waals surface area contributed by atoms with Crippen LogP contribution in [0.3, 0.4) is 0 Å². The van der Waals surface area contributed by atoms with E-state index in [9.17, 15) is 9.59 Å². The van der Waals surface area contributed by atoms with E-state index in [1.54, 1.807) is 18.3 Å². The van der Waals surface area contributed by atoms with Crippen molar-refractivity contribution in [2.75, 3.05) is 6.54 Å². The van der Waals surface area contributed by atoms with Crippen molar-refractivity contribution in [1.29, 1.82) is 0 Å². The zero-order valence-electron chi connectivity index (χ0n) is 11.5. The van der Waals surface area contributed by atoms with Crippen molar-refractivity contribution in [3.05, 3.63) is 24.0 Å². The number of nitrogens with one attached hydrogen (secondary N) is 2. The second-order valence-electron chi connectivity index (χ2n) is 4.65. The summed E-state index contributed by atoms with van der Waals surface area (Å²) in [5, 5.41) is 21.5. The highest BCUT2D eigenvalue weighted by Crippen LogP contribution is 2.08. The third kappa shape index (κ3) is 7.30. The molecule has 1 atom stereocenters. The van der Waals surface area contributed by atoms with Crippen molar-refractivity contribution in [2.24, 2.45) is 5.92 Å². The number of carboxylic acids is 1. The molecule has 0 aliphatic heterocycles. The summed E-state index contributed by atoms with van der Waals surface area (Å²) in [4.78, 5) is 21.9. The Labute approximate surface area is 117 Å². The first-order valence-corrected chi connectivity index (χ1v) is 6.58. The van der Waals surface area contributed by atoms with Crippen LogP contribution in [-0.2, 0) is 11.3 Å². The lowest BCUT2D eigenvalue weighted by molar-refractivity contribution is -0.137. The zero-order valence-corrected chi connectivity index (χ0v) is 11.5. The van der Waals surface area contributed by atoms with Gasteiger partial charge in [-0.1, -0.05) is 6.92 Å². The lowest BCUT2D eigenvalue weighted by Crippen LogP contribution is -2.36. The van der Waals surface area contributed by atoms with Gasteiger partial charge in [-0.05, 0) is 30.9 Å². The normalized spacial score (nSPS) is 11.7. The molecule has 110 valence electrons. The summed E-state index contributed by atoms with van der Waals surface area (Å²) in [6.07, 6.45) is 3.12. The molecule has 0 saturated carbocycles. The van der Waals surface area contributed by atoms with Crippen LogP contribution in [0.2, 0.25) is 0 Å². The third-order valence-corrected chi connectivity index (χ3v) is 2.83. The standard InChI is InChI=1S/C13H20N4O3/c1-10(4-5-12(18)19)6-8-14-13(20)15-9-11-3-2-7-16-17-11/h2-3,7,10H,4-6,8-9H2,1H3,(H,18,19)(H2,14,15,20). The molecule has 0 spiro atoms. The Morgan fingerprint density at radius 2 is 2.15 bits per heavy atom. The number of hydrogen-bond acceptors (Lipinski definition) is 4. The number of carboxylic acid groups (broad SMARTS) is 1. The molecule has 1 aromatic rings. The summed E-state index contributed by atoms with van der Waals surface area (Å²) in [6, 6.07) is 3.27. The molecule has 1 aromatic heterocycles. The van der Waals surface area contributed by atoms with Crippen LogP contribution in [0, 0.1) is 5.92 Å². The van der Waals surface area contributed by atoms with Gasteiger partial charge in [0.05, 0.1) is 12.2 Å². The Morgan fingerprint density at radius 3 is 2.80 bits per heavy atom. The molecule has 0 aliphatic rings. The largest absolute Gasteiger partial charge is 0.481 e. The van der Waals surface area contributed by atoms with Gasteiger partial charge < -0.3 is 15.7 Å². The second kappa shape index (κ2) is 8.84. The minimum Gasteiger partial charge on any atom is -0.481 e. The van der Waals surface area contributed by atoms with E-state index in [2.05, 4.69) is 20.8 Å². The minimum atomic E-state index is -0.786. The number of nitrogens with zero attached hydrogens (tertiary/aromatic N) is 2. The van der Waals surface area contributed by atoms with E-state index < -0.39 is 5.97 Å². The summed E-state index contributed by atoms with van der Waals surface area (Å²) in [6.45, 7) is 2.82. The van der Waals surface area contributed by atoms with Gasteiger partial charge in [0.15, 0.2) is 0 Å². The van der Waals surface area contributed by atoms with Gasteiger partial charge in [-0.25, -0.2) is 4.79 Å². The van der Waals surface area contributed by atoms with E-state index in [1.165, 1.54) is 0 Å². The average molecular weight is 280 g/mol. The fourth-order valence-electron chi connectivity index (χ4n) is 1.61. The quantitative estimate of drug-likeness (QED) is 0.663. The Kier molecular flexibility index (Phi) is 7.02. The number of carbonyl (C=O) groups is 2. The molecular weight excluding hydrogens is 260 g/mol. The smallest absolute Gasteiger partial charge is 0.315 e. The van der Waals surface area contributed by atoms with Crippen molar-refractivity contribution in [3.8, 4) is 0 Å². The molecule has 0 aliphatic carbocycles. The first-order chi connectivity index (χ1) is 9.58. The number of aliphatic carboxylic acids is 1. The summed E-state index contributed by atoms with van der Waals surface area (Å²) >= 11 is 0. The molecule has 1 heterocycles. The molecule has 0 saturated heterocycles. The number of hydrogen-bond donors (Lipinski definition) is 3. The molecule has 1 unspecified atom stereocenters. The Balaban J connectivity index is 2.09. The lowest BCUT2D eigenvalue weighted by atomic mass is 10.0. The number of amides is 2. The monoisotopic (exact) mass is 280 g/mol. The molecule has 0 fully saturated rings. The fourth-order valence-corrected chi connectivity index (χ4v) is 1.61. The van der Waals surface area contributed by atoms with E-state index in [-0.39, 0.29) is 18.4 Å². The van der Waals surface area contributed by atoms with Gasteiger partial charge in [0.2, 0.25) is 0 Å². The highest BCUT2D eigenvalue weighted by atomic mass is 16.4. The van der Waals surface area contributed by atoms with Gasteiger partial charge in [-0.15, -0.1) is 0 Å². The van der Waals surface area contributed by atoms with E-state index in [0.717, 1.165) is 6.42 Å². The molecular formula is C13H20N4O3. The van der Waals surface area contributed by atoms with Gasteiger partial charge in [0, 0.05) is 19.2 Å². The first-order valence-electron chi connectivity index (χ1n) is 6.58. The molecule has 7 heteroatoms. The van der Waals surface area contributed by atoms with E-state index >= 15 is 0 Å². The molecule has 0 bridgehead atoms. The Hall–Kier alpha value is -2.18. The summed E-state index contributed by atoms with van der Waals surface area (Å²) in [7, 11) is 0. The summed E-state index contributed by atoms with van der Waals surface area (Å²) in [5.41, 5.74) is 0.692. The molecule has 20 heavy (non-hydrogen) atoms. The number of carbonyl (C=O) groups excluding carboxylic acids is 1. The van der Waals surface area contributed by atoms with Gasteiger partial charge >= 0.3 is 12.0 Å². The number of rotatable bonds is 8. The van der Waals surface area contributed by atoms with Crippen LogP contribution in [0.5, 0.6) is 0 Å². The van der Waals surface area contributed by atoms with Gasteiger partial charge in [-0.2, -0.15) is 10.2 Å². The second-order valence-corrected chi connectivity index (χ2v) is 4.65. The first kappa shape index (κ1) is 15.9. The molecule has 3 N–H and O–H groups in total. The molecule has 1 rings (SSSR count). The van der Waals surface area contributed by atoms with E-state index in [1.807, 2.05) is 6.92 Å². The maximum Gasteiger partial charge on any atom is 0.315 e. The predicted octanol–water partition coefficient (Wildman–Crippen LogP) is 1.17. The SMILES string of the molecule is CC(CCNC(=O)NCc1cccnn1)CCC(=O)O. The van der Waals surface area contributed by atoms with Gasteiger partial charge in [0.1, 0.15) is 0 Å². The van der Waals surface area contributed by atoms with Crippen LogP contribution in [-0.4, -0.2) is 33.8 Å². The maximum absolute atomic E-state index is 11.5. The Morgan fingerprint density at radius 1 is 1.35 bits per heavy atom. The predicted molar refractivity (Wildman–Crippen MR) is 72.9 cm³/mol. The van der Waals surface area contributed by atoms with Crippen LogP contribution in [0.4, 0.5) is 4.79 Å². The van der Waals surface area contributed by atoms with Crippen molar-refractivity contribution in [3.63, 3.8) is 0 Å². The minimum absolute atomic E-state index is 0.167. The molecule has 0 aromatic carbocycles. The number of urea groups is 1. The van der Waals surface area contributed by atoms with Crippen LogP contribution < -0.4 is 10.6 Å². The highest BCUT2D eigenvalue weighted by Gasteiger charge is 2.06. The van der Waals surface area contributed by atoms with Crippen molar-refractivity contribution in [1.82, 2.24) is 20.8 Å². The van der Waals surface area contributed by atoms with Crippen LogP contribution in [0.1, 0.15) is 31.9 Å². The van der Waals surface area contributed by atoms with Crippen molar-refractivity contribution in [2.45, 2.75) is 32.7 Å². The Bertz CT molecular complexity index is 425. The van der Waals surface area contributed by atoms with E-state index in [4.69, 9.17) is 5.11 Å². The third-order valence-electron chi connectivity index (χ3n) is 2.83.